The van der Waals surface area contributed by atoms with E-state index < -0.39 is 0 Å². The number of para-hydroxylation sites is 2. The molecule has 0 bridgehead atoms. The second-order valence-corrected chi connectivity index (χ2v) is 16.5. The summed E-state index contributed by atoms with van der Waals surface area (Å²) in [6.45, 7) is 4.69. The van der Waals surface area contributed by atoms with E-state index in [1.165, 1.54) is 93.7 Å². The van der Waals surface area contributed by atoms with E-state index in [9.17, 15) is 0 Å². The molecule has 12 rings (SSSR count). The molecular formula is C57H40N2. The maximum Gasteiger partial charge on any atom is 0.0641 e. The Morgan fingerprint density at radius 2 is 0.932 bits per heavy atom. The zero-order valence-corrected chi connectivity index (χ0v) is 33.0. The average Bonchev–Trinajstić information content (AvgIpc) is 3.90. The first kappa shape index (κ1) is 33.7. The molecule has 0 N–H and O–H groups in total. The summed E-state index contributed by atoms with van der Waals surface area (Å²) in [5, 5.41) is 5.05. The van der Waals surface area contributed by atoms with Crippen molar-refractivity contribution >= 4 is 55.2 Å². The number of hydrogen-bond donors (Lipinski definition) is 0. The van der Waals surface area contributed by atoms with E-state index in [1.54, 1.807) is 0 Å². The molecule has 0 saturated carbocycles. The minimum atomic E-state index is -0.0193. The second kappa shape index (κ2) is 12.8. The third-order valence-corrected chi connectivity index (χ3v) is 12.9. The van der Waals surface area contributed by atoms with Gasteiger partial charge in [0.15, 0.2) is 0 Å². The summed E-state index contributed by atoms with van der Waals surface area (Å²) in [6, 6.07) is 76.2. The number of aromatic nitrogens is 1. The first-order valence-corrected chi connectivity index (χ1v) is 20.6. The van der Waals surface area contributed by atoms with Crippen LogP contribution in [0, 0.1) is 0 Å². The van der Waals surface area contributed by atoms with Crippen molar-refractivity contribution in [1.29, 1.82) is 0 Å². The van der Waals surface area contributed by atoms with E-state index in [4.69, 9.17) is 0 Å². The monoisotopic (exact) mass is 752 g/mol. The van der Waals surface area contributed by atoms with Gasteiger partial charge in [0.1, 0.15) is 0 Å². The summed E-state index contributed by atoms with van der Waals surface area (Å²) >= 11 is 0. The Kier molecular flexibility index (Phi) is 7.31. The molecule has 2 heteroatoms. The highest BCUT2D eigenvalue weighted by Gasteiger charge is 2.35. The van der Waals surface area contributed by atoms with Gasteiger partial charge < -0.3 is 9.30 Å². The van der Waals surface area contributed by atoms with Crippen molar-refractivity contribution in [2.24, 2.45) is 0 Å². The van der Waals surface area contributed by atoms with Crippen LogP contribution in [-0.2, 0) is 5.41 Å². The second-order valence-electron chi connectivity index (χ2n) is 16.5. The Bertz CT molecular complexity index is 3330. The maximum atomic E-state index is 2.49. The van der Waals surface area contributed by atoms with E-state index in [1.807, 2.05) is 0 Å². The lowest BCUT2D eigenvalue weighted by Crippen LogP contribution is -2.14. The Hall–Kier alpha value is -7.42. The molecule has 0 saturated heterocycles. The first-order valence-electron chi connectivity index (χ1n) is 20.6. The number of fused-ring (bicyclic) bond motifs is 9. The minimum absolute atomic E-state index is 0.0193. The fourth-order valence-electron chi connectivity index (χ4n) is 10.1. The van der Waals surface area contributed by atoms with E-state index in [0.717, 1.165) is 17.1 Å². The Labute approximate surface area is 344 Å². The minimum Gasteiger partial charge on any atom is -0.310 e. The molecule has 1 aliphatic carbocycles. The Morgan fingerprint density at radius 3 is 1.64 bits per heavy atom. The van der Waals surface area contributed by atoms with Gasteiger partial charge in [-0.05, 0) is 110 Å². The molecule has 59 heavy (non-hydrogen) atoms. The summed E-state index contributed by atoms with van der Waals surface area (Å²) in [5.41, 5.74) is 19.7. The van der Waals surface area contributed by atoms with Crippen molar-refractivity contribution in [3.8, 4) is 44.5 Å². The van der Waals surface area contributed by atoms with Crippen molar-refractivity contribution in [3.63, 3.8) is 0 Å². The smallest absolute Gasteiger partial charge is 0.0641 e. The van der Waals surface area contributed by atoms with E-state index in [2.05, 4.69) is 229 Å². The van der Waals surface area contributed by atoms with E-state index in [-0.39, 0.29) is 5.41 Å². The molecular weight excluding hydrogens is 713 g/mol. The average molecular weight is 753 g/mol. The SMILES string of the molecule is CC1(C)c2ccccc2-c2cc(-c3ccc(N(c4cc(-c5ccccc5)cc(-c5ccccc5)c4)c4ccc5c6ccccc6n6c7ccccc7c4c56)cc3)ccc21. The standard InChI is InChI=1S/C57H40N2/c1-57(2)50-22-12-9-19-45(50)49-36-40(27-31-51(49)57)39-25-28-43(29-26-39)58(44-34-41(37-15-5-3-6-16-37)33-42(35-44)38-17-7-4-8-18-38)54-32-30-47-46-20-10-13-23-52(46)59-53-24-14-11-21-48(53)55(54)56(47)59/h3-36H,1-2H3. The third-order valence-electron chi connectivity index (χ3n) is 12.9. The molecule has 0 aliphatic heterocycles. The van der Waals surface area contributed by atoms with Gasteiger partial charge >= 0.3 is 0 Å². The molecule has 0 atom stereocenters. The third kappa shape index (κ3) is 5.06. The topological polar surface area (TPSA) is 7.65 Å². The molecule has 0 fully saturated rings. The molecule has 2 heterocycles. The van der Waals surface area contributed by atoms with Gasteiger partial charge in [0.25, 0.3) is 0 Å². The predicted octanol–water partition coefficient (Wildman–Crippen LogP) is 15.6. The molecule has 0 amide bonds. The van der Waals surface area contributed by atoms with Gasteiger partial charge in [-0.15, -0.1) is 0 Å². The molecule has 0 radical (unpaired) electrons. The molecule has 11 aromatic rings. The van der Waals surface area contributed by atoms with Crippen molar-refractivity contribution in [3.05, 3.63) is 217 Å². The Balaban J connectivity index is 1.10. The lowest BCUT2D eigenvalue weighted by atomic mass is 9.82. The molecule has 0 unspecified atom stereocenters. The van der Waals surface area contributed by atoms with Gasteiger partial charge in [-0.2, -0.15) is 0 Å². The number of benzene rings is 9. The van der Waals surface area contributed by atoms with Gasteiger partial charge in [-0.1, -0.05) is 166 Å². The van der Waals surface area contributed by atoms with Crippen LogP contribution in [0.2, 0.25) is 0 Å². The van der Waals surface area contributed by atoms with Gasteiger partial charge in [-0.25, -0.2) is 0 Å². The summed E-state index contributed by atoms with van der Waals surface area (Å²) in [5.74, 6) is 0. The molecule has 2 aromatic heterocycles. The highest BCUT2D eigenvalue weighted by atomic mass is 15.1. The summed E-state index contributed by atoms with van der Waals surface area (Å²) in [7, 11) is 0. The highest BCUT2D eigenvalue weighted by molar-refractivity contribution is 6.27. The molecule has 278 valence electrons. The normalized spacial score (nSPS) is 13.1. The number of hydrogen-bond acceptors (Lipinski definition) is 1. The zero-order chi connectivity index (χ0) is 39.2. The van der Waals surface area contributed by atoms with Gasteiger partial charge in [0.05, 0.1) is 22.2 Å². The van der Waals surface area contributed by atoms with Gasteiger partial charge in [-0.3, -0.25) is 0 Å². The van der Waals surface area contributed by atoms with Crippen molar-refractivity contribution in [1.82, 2.24) is 4.40 Å². The number of anilines is 3. The Morgan fingerprint density at radius 1 is 0.373 bits per heavy atom. The first-order chi connectivity index (χ1) is 29.0. The van der Waals surface area contributed by atoms with E-state index >= 15 is 0 Å². The number of rotatable bonds is 6. The number of nitrogens with zero attached hydrogens (tertiary/aromatic N) is 2. The fourth-order valence-corrected chi connectivity index (χ4v) is 10.1. The van der Waals surface area contributed by atoms with Crippen LogP contribution in [0.1, 0.15) is 25.0 Å². The van der Waals surface area contributed by atoms with Gasteiger partial charge in [0, 0.05) is 38.3 Å². The fraction of sp³-hybridized carbons (Fsp3) is 0.0526. The molecule has 9 aromatic carbocycles. The lowest BCUT2D eigenvalue weighted by molar-refractivity contribution is 0.660. The largest absolute Gasteiger partial charge is 0.310 e. The van der Waals surface area contributed by atoms with Gasteiger partial charge in [0.2, 0.25) is 0 Å². The highest BCUT2D eigenvalue weighted by Crippen LogP contribution is 2.51. The van der Waals surface area contributed by atoms with Crippen LogP contribution >= 0.6 is 0 Å². The van der Waals surface area contributed by atoms with Crippen LogP contribution in [0.15, 0.2) is 206 Å². The summed E-state index contributed by atoms with van der Waals surface area (Å²) in [6.07, 6.45) is 0. The van der Waals surface area contributed by atoms with Crippen LogP contribution in [-0.4, -0.2) is 4.40 Å². The van der Waals surface area contributed by atoms with E-state index in [0.29, 0.717) is 0 Å². The zero-order valence-electron chi connectivity index (χ0n) is 33.0. The summed E-state index contributed by atoms with van der Waals surface area (Å²) < 4.78 is 2.48. The quantitative estimate of drug-likeness (QED) is 0.164. The molecule has 1 aliphatic rings. The molecule has 0 spiro atoms. The van der Waals surface area contributed by atoms with Crippen LogP contribution < -0.4 is 4.90 Å². The van der Waals surface area contributed by atoms with Crippen molar-refractivity contribution in [2.75, 3.05) is 4.90 Å². The predicted molar refractivity (Wildman–Crippen MR) is 250 cm³/mol. The van der Waals surface area contributed by atoms with Crippen LogP contribution in [0.25, 0.3) is 82.6 Å². The van der Waals surface area contributed by atoms with Crippen LogP contribution in [0.5, 0.6) is 0 Å². The summed E-state index contributed by atoms with van der Waals surface area (Å²) in [4.78, 5) is 2.49. The lowest BCUT2D eigenvalue weighted by Gasteiger charge is -2.28. The van der Waals surface area contributed by atoms with Crippen LogP contribution in [0.4, 0.5) is 17.1 Å². The van der Waals surface area contributed by atoms with Crippen molar-refractivity contribution < 1.29 is 0 Å². The van der Waals surface area contributed by atoms with Crippen LogP contribution in [0.3, 0.4) is 0 Å². The molecule has 2 nitrogen and oxygen atoms in total. The van der Waals surface area contributed by atoms with Crippen molar-refractivity contribution in [2.45, 2.75) is 19.3 Å². The maximum absolute atomic E-state index is 2.49.